The molecular weight excluding hydrogens is 396 g/mol. The first-order valence-electron chi connectivity index (χ1n) is 10.1. The number of likely N-dealkylation sites (N-methyl/N-ethyl adjacent to an activating group) is 1. The summed E-state index contributed by atoms with van der Waals surface area (Å²) in [6, 6.07) is 14.9. The van der Waals surface area contributed by atoms with Crippen molar-refractivity contribution >= 4 is 5.91 Å². The molecule has 1 amide bonds. The molecular formula is C24H22N2O5. The third kappa shape index (κ3) is 3.42. The van der Waals surface area contributed by atoms with E-state index in [0.29, 0.717) is 29.3 Å². The van der Waals surface area contributed by atoms with Crippen LogP contribution in [0.5, 0.6) is 17.2 Å². The summed E-state index contributed by atoms with van der Waals surface area (Å²) in [6.07, 6.45) is 2.28. The fourth-order valence-corrected chi connectivity index (χ4v) is 4.06. The standard InChI is InChI=1S/C24H22N2O5/c1-15-9-10-26(17-7-8-20-21(12-17)30-14-29-20)24(28)22(15)23(27)25(2)13-18-11-16-5-3-4-6-19(16)31-18/h3-10,12,18H,11,13-14H2,1-2H3. The molecule has 0 fully saturated rings. The quantitative estimate of drug-likeness (QED) is 0.652. The van der Waals surface area contributed by atoms with Gasteiger partial charge in [0.1, 0.15) is 17.4 Å². The Hall–Kier alpha value is -3.74. The van der Waals surface area contributed by atoms with Crippen molar-refractivity contribution < 1.29 is 19.0 Å². The number of fused-ring (bicyclic) bond motifs is 2. The highest BCUT2D eigenvalue weighted by atomic mass is 16.7. The molecule has 2 aromatic carbocycles. The van der Waals surface area contributed by atoms with Crippen LogP contribution < -0.4 is 19.8 Å². The van der Waals surface area contributed by atoms with Gasteiger partial charge in [-0.1, -0.05) is 18.2 Å². The minimum atomic E-state index is -0.369. The molecule has 0 bridgehead atoms. The second-order valence-electron chi connectivity index (χ2n) is 7.82. The smallest absolute Gasteiger partial charge is 0.268 e. The highest BCUT2D eigenvalue weighted by molar-refractivity contribution is 5.95. The molecule has 158 valence electrons. The number of ether oxygens (including phenoxy) is 3. The molecule has 1 unspecified atom stereocenters. The monoisotopic (exact) mass is 418 g/mol. The Morgan fingerprint density at radius 1 is 1.10 bits per heavy atom. The van der Waals surface area contributed by atoms with E-state index in [4.69, 9.17) is 14.2 Å². The zero-order valence-electron chi connectivity index (χ0n) is 17.3. The molecule has 7 heteroatoms. The van der Waals surface area contributed by atoms with Crippen molar-refractivity contribution in [3.05, 3.63) is 81.8 Å². The van der Waals surface area contributed by atoms with Crippen molar-refractivity contribution in [2.45, 2.75) is 19.4 Å². The molecule has 3 aromatic rings. The molecule has 1 atom stereocenters. The summed E-state index contributed by atoms with van der Waals surface area (Å²) < 4.78 is 18.2. The van der Waals surface area contributed by atoms with Crippen molar-refractivity contribution in [2.24, 2.45) is 0 Å². The summed E-state index contributed by atoms with van der Waals surface area (Å²) in [4.78, 5) is 28.1. The van der Waals surface area contributed by atoms with Crippen LogP contribution in [-0.4, -0.2) is 41.9 Å². The molecule has 3 heterocycles. The summed E-state index contributed by atoms with van der Waals surface area (Å²) in [5.74, 6) is 1.75. The predicted molar refractivity (Wildman–Crippen MR) is 114 cm³/mol. The van der Waals surface area contributed by atoms with Gasteiger partial charge in [0.15, 0.2) is 11.5 Å². The van der Waals surface area contributed by atoms with E-state index in [9.17, 15) is 9.59 Å². The lowest BCUT2D eigenvalue weighted by Crippen LogP contribution is -2.40. The zero-order valence-corrected chi connectivity index (χ0v) is 17.3. The average molecular weight is 418 g/mol. The number of rotatable bonds is 4. The summed E-state index contributed by atoms with van der Waals surface area (Å²) >= 11 is 0. The van der Waals surface area contributed by atoms with Gasteiger partial charge >= 0.3 is 0 Å². The summed E-state index contributed by atoms with van der Waals surface area (Å²) in [5, 5.41) is 0. The average Bonchev–Trinajstić information content (AvgIpc) is 3.39. The van der Waals surface area contributed by atoms with E-state index in [1.807, 2.05) is 24.3 Å². The number of amides is 1. The minimum Gasteiger partial charge on any atom is -0.488 e. The first kappa shape index (κ1) is 19.2. The molecule has 0 aliphatic carbocycles. The van der Waals surface area contributed by atoms with E-state index < -0.39 is 0 Å². The fraction of sp³-hybridized carbons (Fsp3) is 0.250. The zero-order chi connectivity index (χ0) is 21.5. The Kier molecular flexibility index (Phi) is 4.66. The molecule has 0 spiro atoms. The topological polar surface area (TPSA) is 70.0 Å². The first-order valence-corrected chi connectivity index (χ1v) is 10.1. The molecule has 0 saturated heterocycles. The number of para-hydroxylation sites is 1. The summed E-state index contributed by atoms with van der Waals surface area (Å²) in [7, 11) is 1.70. The number of pyridine rings is 1. The van der Waals surface area contributed by atoms with E-state index in [1.165, 1.54) is 4.57 Å². The lowest BCUT2D eigenvalue weighted by atomic mass is 10.1. The van der Waals surface area contributed by atoms with E-state index >= 15 is 0 Å². The molecule has 2 aliphatic rings. The Morgan fingerprint density at radius 3 is 2.74 bits per heavy atom. The normalized spacial score (nSPS) is 16.0. The highest BCUT2D eigenvalue weighted by Crippen LogP contribution is 2.33. The van der Waals surface area contributed by atoms with Crippen LogP contribution in [0, 0.1) is 6.92 Å². The fourth-order valence-electron chi connectivity index (χ4n) is 4.06. The number of aromatic nitrogens is 1. The lowest BCUT2D eigenvalue weighted by Gasteiger charge is -2.22. The summed E-state index contributed by atoms with van der Waals surface area (Å²) in [5.41, 5.74) is 2.16. The molecule has 7 nitrogen and oxygen atoms in total. The molecule has 0 saturated carbocycles. The van der Waals surface area contributed by atoms with Crippen molar-refractivity contribution in [3.63, 3.8) is 0 Å². The maximum Gasteiger partial charge on any atom is 0.268 e. The van der Waals surface area contributed by atoms with Crippen LogP contribution in [0.15, 0.2) is 59.5 Å². The first-order chi connectivity index (χ1) is 15.0. The number of nitrogens with zero attached hydrogens (tertiary/aromatic N) is 2. The summed E-state index contributed by atoms with van der Waals surface area (Å²) in [6.45, 7) is 2.32. The van der Waals surface area contributed by atoms with Crippen LogP contribution in [-0.2, 0) is 6.42 Å². The number of carbonyl (C=O) groups is 1. The third-order valence-corrected chi connectivity index (χ3v) is 5.69. The molecule has 0 N–H and O–H groups in total. The van der Waals surface area contributed by atoms with Crippen molar-refractivity contribution in [3.8, 4) is 22.9 Å². The van der Waals surface area contributed by atoms with Crippen molar-refractivity contribution in [1.82, 2.24) is 9.47 Å². The van der Waals surface area contributed by atoms with Crippen molar-refractivity contribution in [2.75, 3.05) is 20.4 Å². The maximum atomic E-state index is 13.3. The number of aryl methyl sites for hydroxylation is 1. The predicted octanol–water partition coefficient (Wildman–Crippen LogP) is 2.95. The van der Waals surface area contributed by atoms with Gasteiger partial charge in [-0.25, -0.2) is 0 Å². The van der Waals surface area contributed by atoms with Gasteiger partial charge in [0.2, 0.25) is 6.79 Å². The van der Waals surface area contributed by atoms with Gasteiger partial charge in [0.05, 0.1) is 12.2 Å². The van der Waals surface area contributed by atoms with Crippen LogP contribution in [0.25, 0.3) is 5.69 Å². The van der Waals surface area contributed by atoms with E-state index in [0.717, 1.165) is 17.7 Å². The van der Waals surface area contributed by atoms with Crippen LogP contribution in [0.2, 0.25) is 0 Å². The largest absolute Gasteiger partial charge is 0.488 e. The molecule has 5 rings (SSSR count). The van der Waals surface area contributed by atoms with Crippen LogP contribution >= 0.6 is 0 Å². The van der Waals surface area contributed by atoms with Crippen molar-refractivity contribution in [1.29, 1.82) is 0 Å². The van der Waals surface area contributed by atoms with Gasteiger partial charge in [0.25, 0.3) is 11.5 Å². The minimum absolute atomic E-state index is 0.133. The second-order valence-corrected chi connectivity index (χ2v) is 7.82. The SMILES string of the molecule is Cc1ccn(-c2ccc3c(c2)OCO3)c(=O)c1C(=O)N(C)CC1Cc2ccccc2O1. The van der Waals surface area contributed by atoms with Gasteiger partial charge in [-0.05, 0) is 42.3 Å². The number of hydrogen-bond acceptors (Lipinski definition) is 5. The molecule has 31 heavy (non-hydrogen) atoms. The van der Waals surface area contributed by atoms with Gasteiger partial charge in [-0.15, -0.1) is 0 Å². The Morgan fingerprint density at radius 2 is 1.90 bits per heavy atom. The molecule has 2 aliphatic heterocycles. The third-order valence-electron chi connectivity index (χ3n) is 5.69. The van der Waals surface area contributed by atoms with E-state index in [1.54, 1.807) is 49.3 Å². The van der Waals surface area contributed by atoms with Gasteiger partial charge in [0, 0.05) is 25.7 Å². The van der Waals surface area contributed by atoms with Crippen LogP contribution in [0.1, 0.15) is 21.5 Å². The Labute approximate surface area is 179 Å². The number of hydrogen-bond donors (Lipinski definition) is 0. The Balaban J connectivity index is 1.40. The van der Waals surface area contributed by atoms with Crippen LogP contribution in [0.4, 0.5) is 0 Å². The number of benzene rings is 2. The van der Waals surface area contributed by atoms with Gasteiger partial charge in [-0.3, -0.25) is 14.2 Å². The van der Waals surface area contributed by atoms with E-state index in [-0.39, 0.29) is 29.9 Å². The molecule has 1 aromatic heterocycles. The van der Waals surface area contributed by atoms with Crippen LogP contribution in [0.3, 0.4) is 0 Å². The van der Waals surface area contributed by atoms with Gasteiger partial charge < -0.3 is 19.1 Å². The second kappa shape index (κ2) is 7.50. The van der Waals surface area contributed by atoms with E-state index in [2.05, 4.69) is 0 Å². The highest BCUT2D eigenvalue weighted by Gasteiger charge is 2.27. The molecule has 0 radical (unpaired) electrons. The van der Waals surface area contributed by atoms with Gasteiger partial charge in [-0.2, -0.15) is 0 Å². The maximum absolute atomic E-state index is 13.3. The number of carbonyl (C=O) groups excluding carboxylic acids is 1. The lowest BCUT2D eigenvalue weighted by molar-refractivity contribution is 0.0727. The Bertz CT molecular complexity index is 1210.